The molecule has 2 aromatic rings. The van der Waals surface area contributed by atoms with E-state index in [9.17, 15) is 0 Å². The topological polar surface area (TPSA) is 24.9 Å². The molecule has 0 atom stereocenters. The molecule has 0 spiro atoms. The Morgan fingerprint density at radius 1 is 1.07 bits per heavy atom. The molecule has 3 heteroatoms. The van der Waals surface area contributed by atoms with Gasteiger partial charge in [-0.3, -0.25) is 4.98 Å². The van der Waals surface area contributed by atoms with Crippen molar-refractivity contribution in [1.82, 2.24) is 4.98 Å². The van der Waals surface area contributed by atoms with Gasteiger partial charge in [0.2, 0.25) is 0 Å². The standard InChI is InChI=1S/C12H12N2S/c15-12-7-2-1-6-11(12)14-9-10-5-3-4-8-13-10/h1-8,14-15H,9H2. The zero-order valence-electron chi connectivity index (χ0n) is 8.22. The SMILES string of the molecule is Sc1ccccc1NCc1ccccn1. The first-order chi connectivity index (χ1) is 7.36. The maximum Gasteiger partial charge on any atom is 0.0594 e. The van der Waals surface area contributed by atoms with Crippen molar-refractivity contribution in [3.63, 3.8) is 0 Å². The van der Waals surface area contributed by atoms with Crippen molar-refractivity contribution >= 4 is 18.3 Å². The molecular formula is C12H12N2S. The summed E-state index contributed by atoms with van der Waals surface area (Å²) in [5.74, 6) is 0. The number of nitrogens with one attached hydrogen (secondary N) is 1. The molecule has 0 amide bonds. The predicted octanol–water partition coefficient (Wildman–Crippen LogP) is 2.98. The Morgan fingerprint density at radius 3 is 2.60 bits per heavy atom. The van der Waals surface area contributed by atoms with Gasteiger partial charge in [0.05, 0.1) is 12.2 Å². The quantitative estimate of drug-likeness (QED) is 0.771. The lowest BCUT2D eigenvalue weighted by atomic mass is 10.3. The average Bonchev–Trinajstić information content (AvgIpc) is 2.29. The number of anilines is 1. The van der Waals surface area contributed by atoms with Crippen molar-refractivity contribution in [3.8, 4) is 0 Å². The number of hydrogen-bond acceptors (Lipinski definition) is 3. The van der Waals surface area contributed by atoms with Crippen LogP contribution in [0.2, 0.25) is 0 Å². The van der Waals surface area contributed by atoms with Crippen LogP contribution in [-0.2, 0) is 6.54 Å². The normalized spacial score (nSPS) is 9.93. The number of benzene rings is 1. The van der Waals surface area contributed by atoms with Crippen molar-refractivity contribution in [2.75, 3.05) is 5.32 Å². The molecule has 0 saturated carbocycles. The summed E-state index contributed by atoms with van der Waals surface area (Å²) >= 11 is 4.36. The zero-order chi connectivity index (χ0) is 10.5. The highest BCUT2D eigenvalue weighted by Gasteiger charge is 1.97. The van der Waals surface area contributed by atoms with Gasteiger partial charge in [-0.1, -0.05) is 18.2 Å². The molecule has 1 heterocycles. The molecule has 0 fully saturated rings. The molecule has 1 aromatic heterocycles. The van der Waals surface area contributed by atoms with Crippen LogP contribution >= 0.6 is 12.6 Å². The fourth-order valence-corrected chi connectivity index (χ4v) is 1.55. The number of aromatic nitrogens is 1. The first-order valence-corrected chi connectivity index (χ1v) is 5.23. The van der Waals surface area contributed by atoms with Crippen LogP contribution in [0.15, 0.2) is 53.6 Å². The van der Waals surface area contributed by atoms with E-state index in [-0.39, 0.29) is 0 Å². The van der Waals surface area contributed by atoms with E-state index in [0.29, 0.717) is 0 Å². The highest BCUT2D eigenvalue weighted by molar-refractivity contribution is 7.80. The van der Waals surface area contributed by atoms with Crippen molar-refractivity contribution in [1.29, 1.82) is 0 Å². The van der Waals surface area contributed by atoms with Crippen LogP contribution < -0.4 is 5.32 Å². The van der Waals surface area contributed by atoms with Crippen LogP contribution in [0.4, 0.5) is 5.69 Å². The Labute approximate surface area is 94.8 Å². The summed E-state index contributed by atoms with van der Waals surface area (Å²) in [6.45, 7) is 0.721. The number of rotatable bonds is 3. The molecule has 2 rings (SSSR count). The summed E-state index contributed by atoms with van der Waals surface area (Å²) in [7, 11) is 0. The molecule has 0 radical (unpaired) electrons. The Bertz CT molecular complexity index is 429. The number of thiol groups is 1. The summed E-state index contributed by atoms with van der Waals surface area (Å²) in [4.78, 5) is 5.19. The minimum Gasteiger partial charge on any atom is -0.378 e. The first kappa shape index (κ1) is 10.1. The second-order valence-corrected chi connectivity index (χ2v) is 3.67. The van der Waals surface area contributed by atoms with Gasteiger partial charge in [0.1, 0.15) is 0 Å². The summed E-state index contributed by atoms with van der Waals surface area (Å²) in [5, 5.41) is 3.29. The molecule has 0 aliphatic carbocycles. The minimum atomic E-state index is 0.721. The first-order valence-electron chi connectivity index (χ1n) is 4.78. The van der Waals surface area contributed by atoms with Gasteiger partial charge in [-0.2, -0.15) is 0 Å². The average molecular weight is 216 g/mol. The van der Waals surface area contributed by atoms with Gasteiger partial charge in [0.15, 0.2) is 0 Å². The third kappa shape index (κ3) is 2.73. The Morgan fingerprint density at radius 2 is 1.87 bits per heavy atom. The van der Waals surface area contributed by atoms with E-state index >= 15 is 0 Å². The van der Waals surface area contributed by atoms with E-state index < -0.39 is 0 Å². The zero-order valence-corrected chi connectivity index (χ0v) is 9.11. The number of pyridine rings is 1. The number of nitrogens with zero attached hydrogens (tertiary/aromatic N) is 1. The second-order valence-electron chi connectivity index (χ2n) is 3.19. The monoisotopic (exact) mass is 216 g/mol. The van der Waals surface area contributed by atoms with Gasteiger partial charge in [0, 0.05) is 16.8 Å². The van der Waals surface area contributed by atoms with Crippen molar-refractivity contribution in [3.05, 3.63) is 54.4 Å². The lowest BCUT2D eigenvalue weighted by molar-refractivity contribution is 1.04. The summed E-state index contributed by atoms with van der Waals surface area (Å²) in [6, 6.07) is 13.8. The number of hydrogen-bond donors (Lipinski definition) is 2. The predicted molar refractivity (Wildman–Crippen MR) is 65.3 cm³/mol. The molecular weight excluding hydrogens is 204 g/mol. The minimum absolute atomic E-state index is 0.721. The fraction of sp³-hybridized carbons (Fsp3) is 0.0833. The molecule has 0 saturated heterocycles. The smallest absolute Gasteiger partial charge is 0.0594 e. The van der Waals surface area contributed by atoms with Gasteiger partial charge < -0.3 is 5.32 Å². The maximum absolute atomic E-state index is 4.36. The van der Waals surface area contributed by atoms with E-state index in [4.69, 9.17) is 0 Å². The molecule has 0 aliphatic heterocycles. The van der Waals surface area contributed by atoms with Gasteiger partial charge in [-0.25, -0.2) is 0 Å². The Hall–Kier alpha value is -1.48. The molecule has 1 aromatic carbocycles. The molecule has 15 heavy (non-hydrogen) atoms. The third-order valence-corrected chi connectivity index (χ3v) is 2.48. The number of para-hydroxylation sites is 1. The summed E-state index contributed by atoms with van der Waals surface area (Å²) in [5.41, 5.74) is 2.06. The van der Waals surface area contributed by atoms with E-state index in [0.717, 1.165) is 22.8 Å². The second kappa shape index (κ2) is 4.84. The van der Waals surface area contributed by atoms with E-state index in [1.165, 1.54) is 0 Å². The van der Waals surface area contributed by atoms with Crippen LogP contribution in [0.5, 0.6) is 0 Å². The molecule has 76 valence electrons. The third-order valence-electron chi connectivity index (χ3n) is 2.09. The van der Waals surface area contributed by atoms with Crippen LogP contribution in [-0.4, -0.2) is 4.98 Å². The fourth-order valence-electron chi connectivity index (χ4n) is 1.31. The Balaban J connectivity index is 2.03. The van der Waals surface area contributed by atoms with Gasteiger partial charge in [0.25, 0.3) is 0 Å². The Kier molecular flexibility index (Phi) is 3.25. The lowest BCUT2D eigenvalue weighted by Gasteiger charge is -2.07. The van der Waals surface area contributed by atoms with E-state index in [1.54, 1.807) is 6.20 Å². The van der Waals surface area contributed by atoms with Crippen molar-refractivity contribution < 1.29 is 0 Å². The highest BCUT2D eigenvalue weighted by Crippen LogP contribution is 2.18. The summed E-state index contributed by atoms with van der Waals surface area (Å²) in [6.07, 6.45) is 1.80. The maximum atomic E-state index is 4.36. The van der Waals surface area contributed by atoms with Gasteiger partial charge >= 0.3 is 0 Å². The molecule has 1 N–H and O–H groups in total. The molecule has 2 nitrogen and oxygen atoms in total. The lowest BCUT2D eigenvalue weighted by Crippen LogP contribution is -2.01. The molecule has 0 bridgehead atoms. The van der Waals surface area contributed by atoms with Crippen LogP contribution in [0.25, 0.3) is 0 Å². The van der Waals surface area contributed by atoms with Crippen LogP contribution in [0.1, 0.15) is 5.69 Å². The summed E-state index contributed by atoms with van der Waals surface area (Å²) < 4.78 is 0. The molecule has 0 aliphatic rings. The van der Waals surface area contributed by atoms with Crippen LogP contribution in [0, 0.1) is 0 Å². The van der Waals surface area contributed by atoms with Crippen LogP contribution in [0.3, 0.4) is 0 Å². The van der Waals surface area contributed by atoms with Crippen molar-refractivity contribution in [2.45, 2.75) is 11.4 Å². The largest absolute Gasteiger partial charge is 0.378 e. The molecule has 0 unspecified atom stereocenters. The highest BCUT2D eigenvalue weighted by atomic mass is 32.1. The van der Waals surface area contributed by atoms with Gasteiger partial charge in [-0.15, -0.1) is 12.6 Å². The van der Waals surface area contributed by atoms with E-state index in [1.807, 2.05) is 42.5 Å². The van der Waals surface area contributed by atoms with E-state index in [2.05, 4.69) is 22.9 Å². The van der Waals surface area contributed by atoms with Crippen molar-refractivity contribution in [2.24, 2.45) is 0 Å². The van der Waals surface area contributed by atoms with Gasteiger partial charge in [-0.05, 0) is 24.3 Å².